The molecule has 0 bridgehead atoms. The first-order valence-electron chi connectivity index (χ1n) is 15.8. The van der Waals surface area contributed by atoms with E-state index < -0.39 is 47.0 Å². The molecule has 12 nitrogen and oxygen atoms in total. The molecule has 1 saturated heterocycles. The van der Waals surface area contributed by atoms with Crippen LogP contribution in [0.15, 0.2) is 43.0 Å². The fraction of sp³-hybridized carbons (Fsp3) is 0.382. The van der Waals surface area contributed by atoms with Crippen molar-refractivity contribution in [2.45, 2.75) is 79.0 Å². The maximum Gasteiger partial charge on any atom is 0.412 e. The molecule has 3 aromatic heterocycles. The molecule has 0 spiro atoms. The molecule has 0 aliphatic carbocycles. The SMILES string of the molecule is CC.Cc1ncc(-c2c(C(F)F)ccc(Cl)c2F)nc1C(=O)Nc1cnn(C(C)c2cnc(N3CCC3C=O)c(NC(=O)OC(C)(C)C)c2)c1. The van der Waals surface area contributed by atoms with Gasteiger partial charge in [0, 0.05) is 30.1 Å². The van der Waals surface area contributed by atoms with E-state index in [1.54, 1.807) is 48.8 Å². The predicted molar refractivity (Wildman–Crippen MR) is 183 cm³/mol. The second-order valence-electron chi connectivity index (χ2n) is 12.1. The van der Waals surface area contributed by atoms with Crippen LogP contribution in [-0.4, -0.2) is 61.2 Å². The molecule has 1 aliphatic rings. The van der Waals surface area contributed by atoms with Crippen molar-refractivity contribution in [3.05, 3.63) is 76.3 Å². The van der Waals surface area contributed by atoms with E-state index in [-0.39, 0.29) is 33.8 Å². The molecule has 1 aliphatic heterocycles. The van der Waals surface area contributed by atoms with Gasteiger partial charge in [0.15, 0.2) is 11.6 Å². The van der Waals surface area contributed by atoms with E-state index in [2.05, 4.69) is 30.7 Å². The lowest BCUT2D eigenvalue weighted by Gasteiger charge is -2.39. The van der Waals surface area contributed by atoms with Crippen LogP contribution in [0.5, 0.6) is 0 Å². The molecule has 2 unspecified atom stereocenters. The molecule has 2 N–H and O–H groups in total. The minimum atomic E-state index is -3.03. The van der Waals surface area contributed by atoms with Gasteiger partial charge >= 0.3 is 6.09 Å². The molecule has 0 radical (unpaired) electrons. The number of rotatable bonds is 9. The second-order valence-corrected chi connectivity index (χ2v) is 12.5. The Hall–Kier alpha value is -5.05. The number of hydrogen-bond donors (Lipinski definition) is 2. The molecule has 4 aromatic rings. The number of carbonyl (C=O) groups excluding carboxylic acids is 3. The summed E-state index contributed by atoms with van der Waals surface area (Å²) in [4.78, 5) is 52.0. The summed E-state index contributed by atoms with van der Waals surface area (Å²) in [6.07, 6.45) is 3.43. The first kappa shape index (κ1) is 37.8. The van der Waals surface area contributed by atoms with Crippen LogP contribution < -0.4 is 15.5 Å². The monoisotopic (exact) mass is 714 g/mol. The first-order chi connectivity index (χ1) is 23.7. The van der Waals surface area contributed by atoms with Crippen molar-refractivity contribution in [2.75, 3.05) is 22.1 Å². The number of pyridine rings is 1. The number of aldehydes is 1. The van der Waals surface area contributed by atoms with Gasteiger partial charge in [-0.2, -0.15) is 5.10 Å². The Balaban J connectivity index is 0.00000276. The quantitative estimate of drug-likeness (QED) is 0.166. The Kier molecular flexibility index (Phi) is 11.8. The Labute approximate surface area is 292 Å². The Morgan fingerprint density at radius 1 is 1.12 bits per heavy atom. The number of halogens is 4. The molecule has 1 aromatic carbocycles. The van der Waals surface area contributed by atoms with Crippen LogP contribution in [0.2, 0.25) is 5.02 Å². The van der Waals surface area contributed by atoms with Gasteiger partial charge in [-0.25, -0.2) is 27.9 Å². The van der Waals surface area contributed by atoms with Crippen molar-refractivity contribution >= 4 is 47.1 Å². The van der Waals surface area contributed by atoms with Gasteiger partial charge in [0.2, 0.25) is 0 Å². The maximum atomic E-state index is 14.9. The molecular formula is C34H38ClF3N8O4. The van der Waals surface area contributed by atoms with Crippen LogP contribution in [-0.2, 0) is 9.53 Å². The molecular weight excluding hydrogens is 677 g/mol. The Bertz CT molecular complexity index is 1880. The zero-order valence-corrected chi connectivity index (χ0v) is 29.3. The van der Waals surface area contributed by atoms with Crippen LogP contribution in [0.4, 0.5) is 35.2 Å². The van der Waals surface area contributed by atoms with Crippen LogP contribution in [0.3, 0.4) is 0 Å². The van der Waals surface area contributed by atoms with E-state index in [0.29, 0.717) is 30.0 Å². The minimum absolute atomic E-state index is 0.174. The lowest BCUT2D eigenvalue weighted by molar-refractivity contribution is -0.109. The van der Waals surface area contributed by atoms with Crippen molar-refractivity contribution < 1.29 is 32.3 Å². The second kappa shape index (κ2) is 15.7. The minimum Gasteiger partial charge on any atom is -0.444 e. The van der Waals surface area contributed by atoms with Gasteiger partial charge in [-0.1, -0.05) is 31.5 Å². The molecule has 266 valence electrons. The summed E-state index contributed by atoms with van der Waals surface area (Å²) in [5.74, 6) is -1.41. The molecule has 2 amide bonds. The van der Waals surface area contributed by atoms with E-state index in [1.807, 2.05) is 20.8 Å². The molecule has 2 atom stereocenters. The normalized spacial score (nSPS) is 14.6. The predicted octanol–water partition coefficient (Wildman–Crippen LogP) is 7.79. The van der Waals surface area contributed by atoms with E-state index in [9.17, 15) is 27.6 Å². The molecule has 0 saturated carbocycles. The largest absolute Gasteiger partial charge is 0.444 e. The summed E-state index contributed by atoms with van der Waals surface area (Å²) in [6, 6.07) is 2.92. The Morgan fingerprint density at radius 2 is 1.84 bits per heavy atom. The van der Waals surface area contributed by atoms with Gasteiger partial charge in [0.05, 0.1) is 52.3 Å². The third-order valence-electron chi connectivity index (χ3n) is 7.55. The first-order valence-corrected chi connectivity index (χ1v) is 16.2. The zero-order valence-electron chi connectivity index (χ0n) is 28.6. The topological polar surface area (TPSA) is 144 Å². The molecule has 16 heteroatoms. The van der Waals surface area contributed by atoms with Crippen LogP contribution in [0, 0.1) is 12.7 Å². The van der Waals surface area contributed by atoms with Gasteiger partial charge < -0.3 is 19.7 Å². The summed E-state index contributed by atoms with van der Waals surface area (Å²) in [5.41, 5.74) is -0.997. The number of aromatic nitrogens is 5. The number of carbonyl (C=O) groups is 3. The smallest absolute Gasteiger partial charge is 0.412 e. The maximum absolute atomic E-state index is 14.9. The lowest BCUT2D eigenvalue weighted by Crippen LogP contribution is -2.49. The highest BCUT2D eigenvalue weighted by Crippen LogP contribution is 2.36. The van der Waals surface area contributed by atoms with Crippen molar-refractivity contribution in [3.8, 4) is 11.3 Å². The number of hydrogen-bond acceptors (Lipinski definition) is 9. The molecule has 1 fully saturated rings. The number of aryl methyl sites for hydroxylation is 1. The van der Waals surface area contributed by atoms with E-state index in [0.717, 1.165) is 24.6 Å². The highest BCUT2D eigenvalue weighted by molar-refractivity contribution is 6.31. The van der Waals surface area contributed by atoms with E-state index in [1.165, 1.54) is 13.1 Å². The van der Waals surface area contributed by atoms with Crippen molar-refractivity contribution in [2.24, 2.45) is 0 Å². The van der Waals surface area contributed by atoms with Gasteiger partial charge in [0.25, 0.3) is 12.3 Å². The van der Waals surface area contributed by atoms with Crippen molar-refractivity contribution in [3.63, 3.8) is 0 Å². The van der Waals surface area contributed by atoms with E-state index >= 15 is 0 Å². The summed E-state index contributed by atoms with van der Waals surface area (Å²) in [5, 5.41) is 9.37. The number of anilines is 3. The lowest BCUT2D eigenvalue weighted by atomic mass is 10.0. The van der Waals surface area contributed by atoms with Gasteiger partial charge in [-0.15, -0.1) is 0 Å². The van der Waals surface area contributed by atoms with Crippen LogP contribution in [0.1, 0.15) is 87.7 Å². The van der Waals surface area contributed by atoms with Crippen LogP contribution in [0.25, 0.3) is 11.3 Å². The summed E-state index contributed by atoms with van der Waals surface area (Å²) in [6.45, 7) is 13.1. The number of nitrogens with zero attached hydrogens (tertiary/aromatic N) is 6. The van der Waals surface area contributed by atoms with Crippen molar-refractivity contribution in [1.82, 2.24) is 24.7 Å². The van der Waals surface area contributed by atoms with Crippen LogP contribution >= 0.6 is 11.6 Å². The molecule has 4 heterocycles. The fourth-order valence-electron chi connectivity index (χ4n) is 5.00. The van der Waals surface area contributed by atoms with E-state index in [4.69, 9.17) is 16.3 Å². The number of amides is 2. The van der Waals surface area contributed by atoms with Gasteiger partial charge in [-0.05, 0) is 58.7 Å². The highest BCUT2D eigenvalue weighted by Gasteiger charge is 2.32. The molecule has 5 rings (SSSR count). The summed E-state index contributed by atoms with van der Waals surface area (Å²) < 4.78 is 49.2. The van der Waals surface area contributed by atoms with Crippen molar-refractivity contribution in [1.29, 1.82) is 0 Å². The average molecular weight is 715 g/mol. The molecule has 50 heavy (non-hydrogen) atoms. The van der Waals surface area contributed by atoms with Gasteiger partial charge in [-0.3, -0.25) is 19.8 Å². The number of ether oxygens (including phenoxy) is 1. The number of benzene rings is 1. The van der Waals surface area contributed by atoms with Gasteiger partial charge in [0.1, 0.15) is 17.6 Å². The fourth-order valence-corrected chi connectivity index (χ4v) is 5.16. The zero-order chi connectivity index (χ0) is 36.9. The Morgan fingerprint density at radius 3 is 2.46 bits per heavy atom. The standard InChI is InChI=1S/C32H32ClF3N8O4.C2H6/c1-16-27(41-24(13-37-16)25-21(28(35)36)6-7-22(33)26(25)34)30(46)40-19-12-39-44(14-19)17(2)18-10-23(42-31(47)48-32(3,4)5)29(38-11-18)43-9-8-20(43)15-45;1-2/h6-7,10-15,17,20,28H,8-9H2,1-5H3,(H,40,46)(H,42,47);1-2H3. The summed E-state index contributed by atoms with van der Waals surface area (Å²) in [7, 11) is 0. The summed E-state index contributed by atoms with van der Waals surface area (Å²) >= 11 is 5.85. The highest BCUT2D eigenvalue weighted by atomic mass is 35.5. The third-order valence-corrected chi connectivity index (χ3v) is 7.84. The average Bonchev–Trinajstić information content (AvgIpc) is 3.51. The third kappa shape index (κ3) is 8.38. The number of alkyl halides is 2. The number of nitrogens with one attached hydrogen (secondary N) is 2.